The second-order valence-electron chi connectivity index (χ2n) is 12.2. The molecule has 9 rings (SSSR count). The molecule has 0 aliphatic heterocycles. The van der Waals surface area contributed by atoms with Crippen molar-refractivity contribution < 1.29 is 0 Å². The first kappa shape index (κ1) is 29.0. The van der Waals surface area contributed by atoms with Crippen LogP contribution in [0.4, 0.5) is 0 Å². The molecule has 230 valence electrons. The molecule has 9 aromatic rings. The van der Waals surface area contributed by atoms with Crippen molar-refractivity contribution in [1.29, 1.82) is 0 Å². The van der Waals surface area contributed by atoms with E-state index in [4.69, 9.17) is 9.97 Å². The van der Waals surface area contributed by atoms with Gasteiger partial charge in [0.05, 0.1) is 11.4 Å². The van der Waals surface area contributed by atoms with E-state index in [0.29, 0.717) is 5.82 Å². The topological polar surface area (TPSA) is 25.8 Å². The lowest BCUT2D eigenvalue weighted by Gasteiger charge is -2.14. The van der Waals surface area contributed by atoms with Crippen molar-refractivity contribution in [3.8, 4) is 67.3 Å². The van der Waals surface area contributed by atoms with Gasteiger partial charge in [-0.05, 0) is 75.8 Å². The number of hydrogen-bond acceptors (Lipinski definition) is 3. The Morgan fingerprint density at radius 3 is 1.45 bits per heavy atom. The van der Waals surface area contributed by atoms with Crippen molar-refractivity contribution in [3.63, 3.8) is 0 Å². The normalized spacial score (nSPS) is 11.3. The highest BCUT2D eigenvalue weighted by molar-refractivity contribution is 7.25. The summed E-state index contributed by atoms with van der Waals surface area (Å²) in [6, 6.07) is 64.6. The van der Waals surface area contributed by atoms with Crippen LogP contribution in [0.15, 0.2) is 182 Å². The van der Waals surface area contributed by atoms with E-state index >= 15 is 0 Å². The summed E-state index contributed by atoms with van der Waals surface area (Å²) in [6.45, 7) is 0. The van der Waals surface area contributed by atoms with Gasteiger partial charge in [0.2, 0.25) is 0 Å². The molecule has 0 aliphatic carbocycles. The molecule has 3 heteroatoms. The number of hydrogen-bond donors (Lipinski definition) is 0. The molecule has 7 aromatic carbocycles. The van der Waals surface area contributed by atoms with Gasteiger partial charge >= 0.3 is 0 Å². The predicted molar refractivity (Wildman–Crippen MR) is 208 cm³/mol. The third-order valence-electron chi connectivity index (χ3n) is 9.09. The number of thiophene rings is 1. The molecule has 0 fully saturated rings. The van der Waals surface area contributed by atoms with E-state index in [1.807, 2.05) is 35.6 Å². The quantitative estimate of drug-likeness (QED) is 0.180. The van der Waals surface area contributed by atoms with Gasteiger partial charge in [0.25, 0.3) is 0 Å². The maximum absolute atomic E-state index is 5.20. The second kappa shape index (κ2) is 12.5. The highest BCUT2D eigenvalue weighted by Crippen LogP contribution is 2.39. The molecule has 0 atom stereocenters. The van der Waals surface area contributed by atoms with Gasteiger partial charge in [0.15, 0.2) is 5.82 Å². The summed E-state index contributed by atoms with van der Waals surface area (Å²) < 4.78 is 2.61. The lowest BCUT2D eigenvalue weighted by Crippen LogP contribution is -1.96. The van der Waals surface area contributed by atoms with Crippen molar-refractivity contribution in [1.82, 2.24) is 9.97 Å². The standard InChI is InChI=1S/C46H30N2S/c1-4-12-31(13-5-1)32-20-22-33(23-21-32)37-26-38(36-24-25-45-41(29-36)40-18-10-11-19-44(40)49-45)28-39(27-37)43-30-42(34-14-6-2-7-15-34)47-46(48-43)35-16-8-3-9-17-35/h1-30H. The molecule has 0 spiro atoms. The van der Waals surface area contributed by atoms with Crippen LogP contribution in [0.1, 0.15) is 0 Å². The van der Waals surface area contributed by atoms with E-state index in [2.05, 4.69) is 158 Å². The van der Waals surface area contributed by atoms with Crippen LogP contribution in [0.5, 0.6) is 0 Å². The molecule has 2 nitrogen and oxygen atoms in total. The van der Waals surface area contributed by atoms with Crippen LogP contribution in [0, 0.1) is 0 Å². The Labute approximate surface area is 289 Å². The van der Waals surface area contributed by atoms with E-state index in [1.165, 1.54) is 36.9 Å². The third-order valence-corrected chi connectivity index (χ3v) is 10.2. The molecule has 0 saturated carbocycles. The van der Waals surface area contributed by atoms with Crippen molar-refractivity contribution in [3.05, 3.63) is 182 Å². The van der Waals surface area contributed by atoms with Gasteiger partial charge in [-0.15, -0.1) is 11.3 Å². The summed E-state index contributed by atoms with van der Waals surface area (Å²) in [7, 11) is 0. The smallest absolute Gasteiger partial charge is 0.160 e. The molecule has 49 heavy (non-hydrogen) atoms. The maximum Gasteiger partial charge on any atom is 0.160 e. The van der Waals surface area contributed by atoms with Gasteiger partial charge in [0.1, 0.15) is 0 Å². The summed E-state index contributed by atoms with van der Waals surface area (Å²) >= 11 is 1.85. The molecule has 0 amide bonds. The van der Waals surface area contributed by atoms with Crippen LogP contribution < -0.4 is 0 Å². The van der Waals surface area contributed by atoms with E-state index in [-0.39, 0.29) is 0 Å². The van der Waals surface area contributed by atoms with E-state index in [0.717, 1.165) is 44.8 Å². The van der Waals surface area contributed by atoms with Gasteiger partial charge in [-0.1, -0.05) is 140 Å². The number of aromatic nitrogens is 2. The van der Waals surface area contributed by atoms with Crippen molar-refractivity contribution >= 4 is 31.5 Å². The number of fused-ring (bicyclic) bond motifs is 3. The zero-order valence-electron chi connectivity index (χ0n) is 26.6. The Bertz CT molecular complexity index is 2510. The Morgan fingerprint density at radius 1 is 0.286 bits per heavy atom. The SMILES string of the molecule is c1ccc(-c2ccc(-c3cc(-c4ccc5sc6ccccc6c5c4)cc(-c4cc(-c5ccccc5)nc(-c5ccccc5)n4)c3)cc2)cc1. The van der Waals surface area contributed by atoms with E-state index in [9.17, 15) is 0 Å². The highest BCUT2D eigenvalue weighted by atomic mass is 32.1. The fourth-order valence-corrected chi connectivity index (χ4v) is 7.65. The molecule has 0 aliphatic rings. The average Bonchev–Trinajstić information content (AvgIpc) is 3.57. The van der Waals surface area contributed by atoms with Crippen LogP contribution in [0.25, 0.3) is 87.5 Å². The fourth-order valence-electron chi connectivity index (χ4n) is 6.57. The zero-order chi connectivity index (χ0) is 32.6. The Kier molecular flexibility index (Phi) is 7.38. The Morgan fingerprint density at radius 2 is 0.755 bits per heavy atom. The Hall–Kier alpha value is -6.16. The molecule has 0 N–H and O–H groups in total. The average molecular weight is 643 g/mol. The summed E-state index contributed by atoms with van der Waals surface area (Å²) in [5, 5.41) is 2.59. The predicted octanol–water partition coefficient (Wildman–Crippen LogP) is 12.8. The maximum atomic E-state index is 5.20. The molecule has 0 unspecified atom stereocenters. The largest absolute Gasteiger partial charge is 0.228 e. The molecule has 2 heterocycles. The first-order valence-electron chi connectivity index (χ1n) is 16.5. The van der Waals surface area contributed by atoms with Gasteiger partial charge < -0.3 is 0 Å². The van der Waals surface area contributed by atoms with Gasteiger partial charge in [-0.2, -0.15) is 0 Å². The van der Waals surface area contributed by atoms with E-state index in [1.54, 1.807) is 0 Å². The monoisotopic (exact) mass is 642 g/mol. The van der Waals surface area contributed by atoms with Crippen LogP contribution in [0.2, 0.25) is 0 Å². The second-order valence-corrected chi connectivity index (χ2v) is 13.3. The first-order valence-corrected chi connectivity index (χ1v) is 17.3. The van der Waals surface area contributed by atoms with Gasteiger partial charge in [-0.3, -0.25) is 0 Å². The summed E-state index contributed by atoms with van der Waals surface area (Å²) in [6.07, 6.45) is 0. The molecular formula is C46H30N2S. The molecule has 0 saturated heterocycles. The van der Waals surface area contributed by atoms with Crippen molar-refractivity contribution in [2.24, 2.45) is 0 Å². The number of rotatable bonds is 6. The van der Waals surface area contributed by atoms with Crippen molar-refractivity contribution in [2.45, 2.75) is 0 Å². The minimum absolute atomic E-state index is 0.710. The molecule has 0 radical (unpaired) electrons. The Balaban J connectivity index is 1.24. The number of benzene rings is 7. The summed E-state index contributed by atoms with van der Waals surface area (Å²) in [5.74, 6) is 0.710. The lowest BCUT2D eigenvalue weighted by molar-refractivity contribution is 1.18. The third kappa shape index (κ3) is 5.71. The molecule has 2 aromatic heterocycles. The summed E-state index contributed by atoms with van der Waals surface area (Å²) in [5.41, 5.74) is 11.9. The molecule has 0 bridgehead atoms. The highest BCUT2D eigenvalue weighted by Gasteiger charge is 2.15. The van der Waals surface area contributed by atoms with Crippen LogP contribution in [-0.4, -0.2) is 9.97 Å². The van der Waals surface area contributed by atoms with Crippen LogP contribution >= 0.6 is 11.3 Å². The van der Waals surface area contributed by atoms with E-state index < -0.39 is 0 Å². The first-order chi connectivity index (χ1) is 24.2. The molecular weight excluding hydrogens is 613 g/mol. The lowest BCUT2D eigenvalue weighted by atomic mass is 9.93. The number of nitrogens with zero attached hydrogens (tertiary/aromatic N) is 2. The fraction of sp³-hybridized carbons (Fsp3) is 0. The minimum atomic E-state index is 0.710. The van der Waals surface area contributed by atoms with Crippen LogP contribution in [-0.2, 0) is 0 Å². The van der Waals surface area contributed by atoms with Crippen LogP contribution in [0.3, 0.4) is 0 Å². The van der Waals surface area contributed by atoms with Crippen molar-refractivity contribution in [2.75, 3.05) is 0 Å². The summed E-state index contributed by atoms with van der Waals surface area (Å²) in [4.78, 5) is 10.2. The minimum Gasteiger partial charge on any atom is -0.228 e. The van der Waals surface area contributed by atoms with Gasteiger partial charge in [-0.25, -0.2) is 9.97 Å². The zero-order valence-corrected chi connectivity index (χ0v) is 27.4. The van der Waals surface area contributed by atoms with Gasteiger partial charge in [0, 0.05) is 36.9 Å².